The molecule has 6 heteroatoms. The second-order valence-electron chi connectivity index (χ2n) is 6.21. The summed E-state index contributed by atoms with van der Waals surface area (Å²) in [6.07, 6.45) is 4.45. The Balaban J connectivity index is 1.65. The van der Waals surface area contributed by atoms with Gasteiger partial charge >= 0.3 is 0 Å². The Labute approximate surface area is 140 Å². The van der Waals surface area contributed by atoms with Gasteiger partial charge in [0.2, 0.25) is 0 Å². The molecule has 1 saturated carbocycles. The fourth-order valence-electron chi connectivity index (χ4n) is 2.84. The van der Waals surface area contributed by atoms with Crippen LogP contribution < -0.4 is 10.1 Å². The number of oxazole rings is 1. The van der Waals surface area contributed by atoms with Crippen LogP contribution in [0.4, 0.5) is 10.4 Å². The Morgan fingerprint density at radius 3 is 2.92 bits per heavy atom. The van der Waals surface area contributed by atoms with Crippen LogP contribution in [0.5, 0.6) is 5.75 Å². The maximum Gasteiger partial charge on any atom is 0.295 e. The number of ether oxygens (including phenoxy) is 1. The number of halogens is 1. The number of benzene rings is 1. The third-order valence-electron chi connectivity index (χ3n) is 4.42. The van der Waals surface area contributed by atoms with Crippen LogP contribution in [0.2, 0.25) is 0 Å². The van der Waals surface area contributed by atoms with E-state index in [1.165, 1.54) is 0 Å². The van der Waals surface area contributed by atoms with Crippen LogP contribution >= 0.6 is 0 Å². The summed E-state index contributed by atoms with van der Waals surface area (Å²) in [5.41, 5.74) is 1.99. The number of fused-ring (bicyclic) bond motifs is 1. The molecule has 1 aromatic carbocycles. The van der Waals surface area contributed by atoms with Gasteiger partial charge in [0.05, 0.1) is 12.4 Å². The van der Waals surface area contributed by atoms with Crippen LogP contribution in [-0.4, -0.2) is 28.8 Å². The second-order valence-corrected chi connectivity index (χ2v) is 6.21. The number of nitrogens with one attached hydrogen (secondary N) is 1. The Morgan fingerprint density at radius 2 is 2.21 bits per heavy atom. The minimum Gasteiger partial charge on any atom is -0.489 e. The molecule has 5 nitrogen and oxygen atoms in total. The largest absolute Gasteiger partial charge is 0.489 e. The van der Waals surface area contributed by atoms with Gasteiger partial charge in [0, 0.05) is 12.1 Å². The molecule has 3 rings (SSSR count). The van der Waals surface area contributed by atoms with Gasteiger partial charge in [-0.05, 0) is 49.8 Å². The molecule has 1 aromatic heterocycles. The van der Waals surface area contributed by atoms with Crippen LogP contribution in [0.25, 0.3) is 11.1 Å². The second kappa shape index (κ2) is 7.66. The van der Waals surface area contributed by atoms with Crippen molar-refractivity contribution >= 4 is 17.1 Å². The quantitative estimate of drug-likeness (QED) is 0.829. The molecule has 2 aromatic rings. The molecular weight excluding hydrogens is 311 g/mol. The molecule has 0 unspecified atom stereocenters. The number of anilines is 1. The predicted molar refractivity (Wildman–Crippen MR) is 90.9 cm³/mol. The van der Waals surface area contributed by atoms with Gasteiger partial charge < -0.3 is 19.6 Å². The first-order chi connectivity index (χ1) is 11.7. The van der Waals surface area contributed by atoms with Gasteiger partial charge in [-0.1, -0.05) is 6.92 Å². The topological polar surface area (TPSA) is 67.5 Å². The van der Waals surface area contributed by atoms with Gasteiger partial charge in [0.15, 0.2) is 5.58 Å². The Bertz CT molecular complexity index is 705. The lowest BCUT2D eigenvalue weighted by molar-refractivity contribution is 0.125. The van der Waals surface area contributed by atoms with E-state index in [0.29, 0.717) is 35.7 Å². The van der Waals surface area contributed by atoms with Crippen molar-refractivity contribution in [1.29, 1.82) is 0 Å². The molecule has 0 aliphatic heterocycles. The monoisotopic (exact) mass is 334 g/mol. The third-order valence-corrected chi connectivity index (χ3v) is 4.42. The van der Waals surface area contributed by atoms with Gasteiger partial charge in [-0.25, -0.2) is 4.39 Å². The predicted octanol–water partition coefficient (Wildman–Crippen LogP) is 4.19. The molecule has 0 saturated heterocycles. The molecule has 0 radical (unpaired) electrons. The van der Waals surface area contributed by atoms with E-state index in [1.54, 1.807) is 12.1 Å². The van der Waals surface area contributed by atoms with E-state index < -0.39 is 0 Å². The zero-order valence-corrected chi connectivity index (χ0v) is 13.8. The van der Waals surface area contributed by atoms with Gasteiger partial charge in [0.1, 0.15) is 17.9 Å². The highest BCUT2D eigenvalue weighted by atomic mass is 19.1. The molecule has 1 fully saturated rings. The van der Waals surface area contributed by atoms with Gasteiger partial charge in [-0.2, -0.15) is 4.98 Å². The summed E-state index contributed by atoms with van der Waals surface area (Å²) >= 11 is 0. The summed E-state index contributed by atoms with van der Waals surface area (Å²) in [5, 5.41) is 12.8. The SMILES string of the molecule is CC/C(=C/F)COc1ccc2nc(NC3CCC(O)CC3)oc2c1. The van der Waals surface area contributed by atoms with Gasteiger partial charge in [-0.15, -0.1) is 0 Å². The maximum atomic E-state index is 12.6. The molecule has 1 aliphatic rings. The van der Waals surface area contributed by atoms with Crippen molar-refractivity contribution in [3.05, 3.63) is 30.1 Å². The normalized spacial score (nSPS) is 21.9. The molecule has 130 valence electrons. The van der Waals surface area contributed by atoms with Crippen LogP contribution in [0.3, 0.4) is 0 Å². The first-order valence-corrected chi connectivity index (χ1v) is 8.44. The fourth-order valence-corrected chi connectivity index (χ4v) is 2.84. The fraction of sp³-hybridized carbons (Fsp3) is 0.500. The molecule has 2 N–H and O–H groups in total. The van der Waals surface area contributed by atoms with E-state index in [1.807, 2.05) is 13.0 Å². The van der Waals surface area contributed by atoms with Crippen molar-refractivity contribution in [2.24, 2.45) is 0 Å². The Kier molecular flexibility index (Phi) is 5.35. The highest BCUT2D eigenvalue weighted by Gasteiger charge is 2.20. The van der Waals surface area contributed by atoms with Crippen molar-refractivity contribution in [2.45, 2.75) is 51.2 Å². The molecule has 0 bridgehead atoms. The van der Waals surface area contributed by atoms with E-state index in [2.05, 4.69) is 10.3 Å². The summed E-state index contributed by atoms with van der Waals surface area (Å²) in [7, 11) is 0. The summed E-state index contributed by atoms with van der Waals surface area (Å²) in [4.78, 5) is 4.43. The summed E-state index contributed by atoms with van der Waals surface area (Å²) in [6, 6.07) is 6.16. The number of aliphatic hydroxyl groups is 1. The highest BCUT2D eigenvalue weighted by Crippen LogP contribution is 2.27. The highest BCUT2D eigenvalue weighted by molar-refractivity contribution is 5.76. The van der Waals surface area contributed by atoms with E-state index in [0.717, 1.165) is 31.2 Å². The minimum absolute atomic E-state index is 0.183. The van der Waals surface area contributed by atoms with E-state index in [9.17, 15) is 9.50 Å². The molecule has 1 aliphatic carbocycles. The lowest BCUT2D eigenvalue weighted by Gasteiger charge is -2.25. The molecule has 0 spiro atoms. The Hall–Kier alpha value is -2.08. The van der Waals surface area contributed by atoms with E-state index in [4.69, 9.17) is 9.15 Å². The van der Waals surface area contributed by atoms with Gasteiger partial charge in [-0.3, -0.25) is 0 Å². The molecule has 0 atom stereocenters. The van der Waals surface area contributed by atoms with Crippen LogP contribution in [0.15, 0.2) is 34.5 Å². The van der Waals surface area contributed by atoms with Crippen molar-refractivity contribution < 1.29 is 18.7 Å². The van der Waals surface area contributed by atoms with Crippen molar-refractivity contribution in [2.75, 3.05) is 11.9 Å². The van der Waals surface area contributed by atoms with Crippen molar-refractivity contribution in [1.82, 2.24) is 4.98 Å². The first-order valence-electron chi connectivity index (χ1n) is 8.44. The lowest BCUT2D eigenvalue weighted by Crippen LogP contribution is -2.28. The summed E-state index contributed by atoms with van der Waals surface area (Å²) in [6.45, 7) is 2.11. The average molecular weight is 334 g/mol. The molecule has 0 amide bonds. The number of aromatic nitrogens is 1. The smallest absolute Gasteiger partial charge is 0.295 e. The van der Waals surface area contributed by atoms with Crippen LogP contribution in [0.1, 0.15) is 39.0 Å². The van der Waals surface area contributed by atoms with Crippen LogP contribution in [-0.2, 0) is 0 Å². The third kappa shape index (κ3) is 4.06. The van der Waals surface area contributed by atoms with E-state index in [-0.39, 0.29) is 18.8 Å². The maximum absolute atomic E-state index is 12.6. The number of rotatable bonds is 6. The average Bonchev–Trinajstić information content (AvgIpc) is 2.99. The lowest BCUT2D eigenvalue weighted by atomic mass is 9.93. The molecule has 1 heterocycles. The summed E-state index contributed by atoms with van der Waals surface area (Å²) in [5.74, 6) is 0.624. The number of hydrogen-bond acceptors (Lipinski definition) is 5. The number of hydrogen-bond donors (Lipinski definition) is 2. The number of nitrogens with zero attached hydrogens (tertiary/aromatic N) is 1. The molecular formula is C18H23FN2O3. The Morgan fingerprint density at radius 1 is 1.42 bits per heavy atom. The van der Waals surface area contributed by atoms with Crippen molar-refractivity contribution in [3.8, 4) is 5.75 Å². The zero-order valence-electron chi connectivity index (χ0n) is 13.8. The zero-order chi connectivity index (χ0) is 16.9. The molecule has 24 heavy (non-hydrogen) atoms. The standard InChI is InChI=1S/C18H23FN2O3/c1-2-12(10-19)11-23-15-7-8-16-17(9-15)24-18(21-16)20-13-3-5-14(22)6-4-13/h7-10,13-14,22H,2-6,11H2,1H3,(H,20,21)/b12-10-. The van der Waals surface area contributed by atoms with E-state index >= 15 is 0 Å². The number of aliphatic hydroxyl groups excluding tert-OH is 1. The van der Waals surface area contributed by atoms with Gasteiger partial charge in [0.25, 0.3) is 6.01 Å². The van der Waals surface area contributed by atoms with Crippen molar-refractivity contribution in [3.63, 3.8) is 0 Å². The summed E-state index contributed by atoms with van der Waals surface area (Å²) < 4.78 is 23.9. The first kappa shape index (κ1) is 16.8. The minimum atomic E-state index is -0.183. The van der Waals surface area contributed by atoms with Crippen LogP contribution in [0, 0.1) is 0 Å².